The van der Waals surface area contributed by atoms with Crippen molar-refractivity contribution >= 4 is 5.91 Å². The molecule has 4 heteroatoms. The number of hydrogen-bond acceptors (Lipinski definition) is 3. The molecular formula is C13H20N2O2. The Bertz CT molecular complexity index is 362. The fourth-order valence-electron chi connectivity index (χ4n) is 1.46. The maximum atomic E-state index is 10.9. The second-order valence-electron chi connectivity index (χ2n) is 4.21. The Morgan fingerprint density at radius 3 is 2.41 bits per heavy atom. The van der Waals surface area contributed by atoms with Crippen LogP contribution in [0.15, 0.2) is 24.3 Å². The van der Waals surface area contributed by atoms with Crippen LogP contribution in [0.3, 0.4) is 0 Å². The van der Waals surface area contributed by atoms with Crippen LogP contribution in [0.5, 0.6) is 5.75 Å². The molecule has 1 aromatic rings. The van der Waals surface area contributed by atoms with Gasteiger partial charge >= 0.3 is 0 Å². The highest BCUT2D eigenvalue weighted by Crippen LogP contribution is 2.17. The number of nitrogens with one attached hydrogen (secondary N) is 1. The number of rotatable bonds is 6. The molecule has 0 saturated heterocycles. The summed E-state index contributed by atoms with van der Waals surface area (Å²) in [5, 5.41) is 3.28. The van der Waals surface area contributed by atoms with Gasteiger partial charge in [0, 0.05) is 18.5 Å². The summed E-state index contributed by atoms with van der Waals surface area (Å²) in [7, 11) is 1.64. The molecular weight excluding hydrogens is 216 g/mol. The third kappa shape index (κ3) is 4.07. The van der Waals surface area contributed by atoms with Gasteiger partial charge in [-0.05, 0) is 24.6 Å². The molecule has 94 valence electrons. The highest BCUT2D eigenvalue weighted by molar-refractivity contribution is 5.76. The van der Waals surface area contributed by atoms with Crippen LogP contribution >= 0.6 is 0 Å². The van der Waals surface area contributed by atoms with E-state index in [1.807, 2.05) is 31.2 Å². The van der Waals surface area contributed by atoms with E-state index >= 15 is 0 Å². The van der Waals surface area contributed by atoms with Crippen molar-refractivity contribution in [1.29, 1.82) is 0 Å². The predicted molar refractivity (Wildman–Crippen MR) is 67.8 cm³/mol. The topological polar surface area (TPSA) is 64.3 Å². The first-order chi connectivity index (χ1) is 8.04. The van der Waals surface area contributed by atoms with Gasteiger partial charge in [-0.2, -0.15) is 0 Å². The van der Waals surface area contributed by atoms with Crippen LogP contribution in [0.4, 0.5) is 0 Å². The van der Waals surface area contributed by atoms with E-state index in [4.69, 9.17) is 10.5 Å². The number of carbonyl (C=O) groups is 1. The molecule has 0 fully saturated rings. The molecule has 17 heavy (non-hydrogen) atoms. The van der Waals surface area contributed by atoms with Crippen molar-refractivity contribution in [2.75, 3.05) is 13.7 Å². The van der Waals surface area contributed by atoms with Crippen LogP contribution in [-0.2, 0) is 4.79 Å². The summed E-state index contributed by atoms with van der Waals surface area (Å²) in [6, 6.07) is 8.04. The first kappa shape index (κ1) is 13.5. The number of ether oxygens (including phenoxy) is 1. The largest absolute Gasteiger partial charge is 0.497 e. The SMILES string of the molecule is COc1ccc([C@H](C)NCC(C)C(N)=O)cc1. The van der Waals surface area contributed by atoms with E-state index in [-0.39, 0.29) is 17.9 Å². The Balaban J connectivity index is 2.51. The molecule has 0 bridgehead atoms. The molecule has 0 spiro atoms. The van der Waals surface area contributed by atoms with Crippen LogP contribution in [0.2, 0.25) is 0 Å². The van der Waals surface area contributed by atoms with E-state index in [0.29, 0.717) is 6.54 Å². The van der Waals surface area contributed by atoms with Crippen LogP contribution in [0.1, 0.15) is 25.5 Å². The molecule has 2 atom stereocenters. The standard InChI is InChI=1S/C13H20N2O2/c1-9(13(14)16)8-15-10(2)11-4-6-12(17-3)7-5-11/h4-7,9-10,15H,8H2,1-3H3,(H2,14,16)/t9?,10-/m0/s1. The van der Waals surface area contributed by atoms with Gasteiger partial charge in [0.1, 0.15) is 5.75 Å². The summed E-state index contributed by atoms with van der Waals surface area (Å²) in [6.45, 7) is 4.45. The van der Waals surface area contributed by atoms with Crippen molar-refractivity contribution in [2.24, 2.45) is 11.7 Å². The third-order valence-electron chi connectivity index (χ3n) is 2.83. The van der Waals surface area contributed by atoms with Gasteiger partial charge in [-0.1, -0.05) is 19.1 Å². The lowest BCUT2D eigenvalue weighted by Crippen LogP contribution is -2.32. The average molecular weight is 236 g/mol. The van der Waals surface area contributed by atoms with Gasteiger partial charge in [0.25, 0.3) is 0 Å². The molecule has 0 aliphatic carbocycles. The second kappa shape index (κ2) is 6.25. The Labute approximate surface area is 102 Å². The maximum absolute atomic E-state index is 10.9. The van der Waals surface area contributed by atoms with E-state index in [9.17, 15) is 4.79 Å². The smallest absolute Gasteiger partial charge is 0.221 e. The molecule has 1 amide bonds. The number of amides is 1. The van der Waals surface area contributed by atoms with Crippen molar-refractivity contribution in [2.45, 2.75) is 19.9 Å². The van der Waals surface area contributed by atoms with E-state index in [2.05, 4.69) is 12.2 Å². The summed E-state index contributed by atoms with van der Waals surface area (Å²) >= 11 is 0. The molecule has 4 nitrogen and oxygen atoms in total. The first-order valence-corrected chi connectivity index (χ1v) is 5.71. The molecule has 0 aliphatic rings. The monoisotopic (exact) mass is 236 g/mol. The molecule has 0 saturated carbocycles. The first-order valence-electron chi connectivity index (χ1n) is 5.71. The Morgan fingerprint density at radius 1 is 1.35 bits per heavy atom. The fourth-order valence-corrected chi connectivity index (χ4v) is 1.46. The molecule has 0 aliphatic heterocycles. The lowest BCUT2D eigenvalue weighted by Gasteiger charge is -2.16. The van der Waals surface area contributed by atoms with Crippen molar-refractivity contribution in [3.05, 3.63) is 29.8 Å². The van der Waals surface area contributed by atoms with Crippen LogP contribution < -0.4 is 15.8 Å². The third-order valence-corrected chi connectivity index (χ3v) is 2.83. The molecule has 1 aromatic carbocycles. The number of benzene rings is 1. The zero-order valence-corrected chi connectivity index (χ0v) is 10.6. The van der Waals surface area contributed by atoms with Gasteiger partial charge in [-0.25, -0.2) is 0 Å². The highest BCUT2D eigenvalue weighted by atomic mass is 16.5. The molecule has 1 rings (SSSR count). The minimum Gasteiger partial charge on any atom is -0.497 e. The zero-order chi connectivity index (χ0) is 12.8. The van der Waals surface area contributed by atoms with Crippen molar-refractivity contribution < 1.29 is 9.53 Å². The van der Waals surface area contributed by atoms with Gasteiger partial charge < -0.3 is 15.8 Å². The summed E-state index contributed by atoms with van der Waals surface area (Å²) in [5.41, 5.74) is 6.36. The van der Waals surface area contributed by atoms with E-state index < -0.39 is 0 Å². The number of hydrogen-bond donors (Lipinski definition) is 2. The zero-order valence-electron chi connectivity index (χ0n) is 10.6. The van der Waals surface area contributed by atoms with E-state index in [1.54, 1.807) is 7.11 Å². The number of primary amides is 1. The molecule has 0 aromatic heterocycles. The lowest BCUT2D eigenvalue weighted by molar-refractivity contribution is -0.121. The average Bonchev–Trinajstić information content (AvgIpc) is 2.35. The molecule has 0 radical (unpaired) electrons. The minimum atomic E-state index is -0.278. The second-order valence-corrected chi connectivity index (χ2v) is 4.21. The van der Waals surface area contributed by atoms with Crippen LogP contribution in [0, 0.1) is 5.92 Å². The van der Waals surface area contributed by atoms with Crippen LogP contribution in [0.25, 0.3) is 0 Å². The number of methoxy groups -OCH3 is 1. The van der Waals surface area contributed by atoms with E-state index in [0.717, 1.165) is 11.3 Å². The minimum absolute atomic E-state index is 0.157. The predicted octanol–water partition coefficient (Wildman–Crippen LogP) is 1.47. The van der Waals surface area contributed by atoms with Gasteiger partial charge in [-0.3, -0.25) is 4.79 Å². The Morgan fingerprint density at radius 2 is 1.94 bits per heavy atom. The summed E-state index contributed by atoms with van der Waals surface area (Å²) < 4.78 is 5.10. The van der Waals surface area contributed by atoms with Crippen molar-refractivity contribution in [3.8, 4) is 5.75 Å². The summed E-state index contributed by atoms with van der Waals surface area (Å²) in [6.07, 6.45) is 0. The van der Waals surface area contributed by atoms with Gasteiger partial charge in [0.05, 0.1) is 7.11 Å². The molecule has 3 N–H and O–H groups in total. The van der Waals surface area contributed by atoms with Crippen molar-refractivity contribution in [3.63, 3.8) is 0 Å². The lowest BCUT2D eigenvalue weighted by atomic mass is 10.1. The molecule has 1 unspecified atom stereocenters. The van der Waals surface area contributed by atoms with Gasteiger partial charge in [0.2, 0.25) is 5.91 Å². The Kier molecular flexibility index (Phi) is 4.97. The Hall–Kier alpha value is -1.55. The number of nitrogens with two attached hydrogens (primary N) is 1. The maximum Gasteiger partial charge on any atom is 0.221 e. The molecule has 0 heterocycles. The van der Waals surface area contributed by atoms with Crippen LogP contribution in [-0.4, -0.2) is 19.6 Å². The fraction of sp³-hybridized carbons (Fsp3) is 0.462. The quantitative estimate of drug-likeness (QED) is 0.786. The normalized spacial score (nSPS) is 14.1. The summed E-state index contributed by atoms with van der Waals surface area (Å²) in [4.78, 5) is 10.9. The highest BCUT2D eigenvalue weighted by Gasteiger charge is 2.11. The van der Waals surface area contributed by atoms with Gasteiger partial charge in [0.15, 0.2) is 0 Å². The van der Waals surface area contributed by atoms with Crippen molar-refractivity contribution in [1.82, 2.24) is 5.32 Å². The number of carbonyl (C=O) groups excluding carboxylic acids is 1. The van der Waals surface area contributed by atoms with E-state index in [1.165, 1.54) is 0 Å². The van der Waals surface area contributed by atoms with Gasteiger partial charge in [-0.15, -0.1) is 0 Å². The summed E-state index contributed by atoms with van der Waals surface area (Å²) in [5.74, 6) is 0.404.